The van der Waals surface area contributed by atoms with Crippen LogP contribution in [0.3, 0.4) is 0 Å². The fourth-order valence-corrected chi connectivity index (χ4v) is 5.48. The normalized spacial score (nSPS) is 18.0. The average molecular weight is 549 g/mol. The maximum absolute atomic E-state index is 13.4. The second kappa shape index (κ2) is 11.9. The molecule has 4 rings (SSSR count). The van der Waals surface area contributed by atoms with Crippen molar-refractivity contribution in [1.82, 2.24) is 31.0 Å². The van der Waals surface area contributed by atoms with Gasteiger partial charge in [0.2, 0.25) is 5.91 Å². The Morgan fingerprint density at radius 1 is 1.13 bits per heavy atom. The Kier molecular flexibility index (Phi) is 8.67. The molecule has 1 aromatic heterocycles. The van der Waals surface area contributed by atoms with Crippen molar-refractivity contribution in [1.29, 1.82) is 0 Å². The molecule has 2 aliphatic rings. The van der Waals surface area contributed by atoms with E-state index in [4.69, 9.17) is 0 Å². The molecule has 13 heteroatoms. The number of nitrogens with one attached hydrogen (secondary N) is 3. The molecule has 38 heavy (non-hydrogen) atoms. The lowest BCUT2D eigenvalue weighted by Gasteiger charge is -2.28. The number of hydrogen-bond acceptors (Lipinski definition) is 7. The molecule has 1 aromatic carbocycles. The Hall–Kier alpha value is -3.45. The van der Waals surface area contributed by atoms with Crippen LogP contribution in [0.4, 0.5) is 8.78 Å². The Morgan fingerprint density at radius 3 is 2.61 bits per heavy atom. The summed E-state index contributed by atoms with van der Waals surface area (Å²) in [5.41, 5.74) is 2.02. The van der Waals surface area contributed by atoms with Gasteiger partial charge in [-0.2, -0.15) is 0 Å². The third-order valence-electron chi connectivity index (χ3n) is 6.62. The smallest absolute Gasteiger partial charge is 0.280 e. The third kappa shape index (κ3) is 5.99. The first-order valence-electron chi connectivity index (χ1n) is 12.5. The van der Waals surface area contributed by atoms with Crippen molar-refractivity contribution in [3.05, 3.63) is 51.0 Å². The molecule has 0 unspecified atom stereocenters. The summed E-state index contributed by atoms with van der Waals surface area (Å²) in [6.45, 7) is 4.51. The van der Waals surface area contributed by atoms with Gasteiger partial charge in [-0.05, 0) is 30.9 Å². The topological polar surface area (TPSA) is 124 Å². The van der Waals surface area contributed by atoms with Gasteiger partial charge in [0.15, 0.2) is 5.01 Å². The zero-order chi connectivity index (χ0) is 27.4. The van der Waals surface area contributed by atoms with Crippen molar-refractivity contribution in [3.63, 3.8) is 0 Å². The number of hydrogen-bond donors (Lipinski definition) is 3. The van der Waals surface area contributed by atoms with Gasteiger partial charge in [0, 0.05) is 26.2 Å². The van der Waals surface area contributed by atoms with Crippen LogP contribution in [-0.2, 0) is 16.1 Å². The maximum Gasteiger partial charge on any atom is 0.280 e. The van der Waals surface area contributed by atoms with Crippen molar-refractivity contribution in [3.8, 4) is 0 Å². The van der Waals surface area contributed by atoms with E-state index in [1.165, 1.54) is 6.92 Å². The number of benzene rings is 1. The lowest BCUT2D eigenvalue weighted by molar-refractivity contribution is -0.148. The predicted molar refractivity (Wildman–Crippen MR) is 135 cm³/mol. The zero-order valence-corrected chi connectivity index (χ0v) is 21.9. The number of carbonyl (C=O) groups is 4. The molecule has 0 saturated carbocycles. The quantitative estimate of drug-likeness (QED) is 0.441. The van der Waals surface area contributed by atoms with Crippen LogP contribution in [-0.4, -0.2) is 71.2 Å². The number of aromatic nitrogens is 1. The van der Waals surface area contributed by atoms with E-state index in [1.54, 1.807) is 5.01 Å². The van der Waals surface area contributed by atoms with Crippen molar-refractivity contribution in [2.45, 2.75) is 45.7 Å². The molecule has 1 saturated heterocycles. The van der Waals surface area contributed by atoms with Crippen LogP contribution in [0.2, 0.25) is 0 Å². The molecule has 2 aliphatic heterocycles. The van der Waals surface area contributed by atoms with Crippen LogP contribution in [0.15, 0.2) is 24.3 Å². The molecule has 2 atom stereocenters. The highest BCUT2D eigenvalue weighted by Gasteiger charge is 2.38. The van der Waals surface area contributed by atoms with Gasteiger partial charge in [0.25, 0.3) is 24.1 Å². The highest BCUT2D eigenvalue weighted by atomic mass is 32.1. The van der Waals surface area contributed by atoms with Crippen molar-refractivity contribution < 1.29 is 28.0 Å². The second-order valence-electron chi connectivity index (χ2n) is 9.19. The summed E-state index contributed by atoms with van der Waals surface area (Å²) >= 11 is 0.792. The molecule has 3 heterocycles. The van der Waals surface area contributed by atoms with E-state index in [1.807, 2.05) is 36.2 Å². The van der Waals surface area contributed by atoms with E-state index in [0.29, 0.717) is 19.5 Å². The van der Waals surface area contributed by atoms with Gasteiger partial charge < -0.3 is 16.0 Å². The van der Waals surface area contributed by atoms with Gasteiger partial charge in [-0.1, -0.05) is 31.2 Å². The average Bonchev–Trinajstić information content (AvgIpc) is 3.50. The minimum Gasteiger partial charge on any atom is -0.350 e. The number of nitrogens with zero attached hydrogens (tertiary/aromatic N) is 3. The number of halogens is 2. The molecule has 10 nitrogen and oxygen atoms in total. The van der Waals surface area contributed by atoms with Crippen LogP contribution in [0.25, 0.3) is 0 Å². The second-order valence-corrected chi connectivity index (χ2v) is 10.2. The largest absolute Gasteiger partial charge is 0.350 e. The third-order valence-corrected chi connectivity index (χ3v) is 7.78. The number of alkyl halides is 2. The minimum absolute atomic E-state index is 0.00379. The van der Waals surface area contributed by atoms with Gasteiger partial charge in [-0.25, -0.2) is 18.8 Å². The minimum atomic E-state index is -2.70. The predicted octanol–water partition coefficient (Wildman–Crippen LogP) is 2.02. The Labute approximate surface area is 222 Å². The number of hydrazine groups is 1. The highest BCUT2D eigenvalue weighted by Crippen LogP contribution is 2.30. The number of thiazole rings is 1. The molecule has 0 aliphatic carbocycles. The molecule has 0 bridgehead atoms. The van der Waals surface area contributed by atoms with Gasteiger partial charge in [0.1, 0.15) is 10.9 Å². The number of rotatable bonds is 9. The Bertz CT molecular complexity index is 1220. The van der Waals surface area contributed by atoms with Crippen LogP contribution < -0.4 is 16.0 Å². The molecule has 1 fully saturated rings. The van der Waals surface area contributed by atoms with Crippen molar-refractivity contribution in [2.24, 2.45) is 5.92 Å². The summed E-state index contributed by atoms with van der Waals surface area (Å²) in [5.74, 6) is -2.46. The van der Waals surface area contributed by atoms with E-state index < -0.39 is 36.7 Å². The van der Waals surface area contributed by atoms with E-state index in [9.17, 15) is 28.0 Å². The molecule has 0 spiro atoms. The molecular weight excluding hydrogens is 518 g/mol. The summed E-state index contributed by atoms with van der Waals surface area (Å²) < 4.78 is 24.7. The monoisotopic (exact) mass is 548 g/mol. The molecule has 204 valence electrons. The van der Waals surface area contributed by atoms with E-state index in [0.717, 1.165) is 35.4 Å². The zero-order valence-electron chi connectivity index (χ0n) is 21.1. The van der Waals surface area contributed by atoms with E-state index in [2.05, 4.69) is 20.9 Å². The molecule has 0 radical (unpaired) electrons. The summed E-state index contributed by atoms with van der Waals surface area (Å²) in [6.07, 6.45) is -1.42. The summed E-state index contributed by atoms with van der Waals surface area (Å²) in [5, 5.41) is 11.3. The Balaban J connectivity index is 1.41. The van der Waals surface area contributed by atoms with E-state index >= 15 is 0 Å². The first-order chi connectivity index (χ1) is 18.2. The standard InChI is InChI=1S/C25H30F2N6O4S/c1-3-15(11-28-22(35)20-14(2)30-24(38-20)23(36)29-12-18(26)27)21(34)31-19-17-8-5-4-7-16(17)13-32-9-6-10-33(32)25(19)37/h4-5,7-8,15,18-19H,3,6,9-13H2,1-2H3,(H,28,35)(H,29,36)(H,31,34)/t15-,19+/m1/s1. The fourth-order valence-electron chi connectivity index (χ4n) is 4.59. The molecule has 3 N–H and O–H groups in total. The van der Waals surface area contributed by atoms with Crippen molar-refractivity contribution in [2.75, 3.05) is 26.2 Å². The summed E-state index contributed by atoms with van der Waals surface area (Å²) in [6, 6.07) is 6.73. The van der Waals surface area contributed by atoms with Gasteiger partial charge in [0.05, 0.1) is 18.2 Å². The van der Waals surface area contributed by atoms with Crippen LogP contribution in [0, 0.1) is 12.8 Å². The van der Waals surface area contributed by atoms with Crippen LogP contribution in [0.5, 0.6) is 0 Å². The highest BCUT2D eigenvalue weighted by molar-refractivity contribution is 7.15. The number of fused-ring (bicyclic) bond motifs is 2. The first-order valence-corrected chi connectivity index (χ1v) is 13.3. The van der Waals surface area contributed by atoms with Gasteiger partial charge in [-0.15, -0.1) is 11.3 Å². The maximum atomic E-state index is 13.4. The lowest BCUT2D eigenvalue weighted by atomic mass is 9.98. The number of aryl methyl sites for hydroxylation is 1. The lowest BCUT2D eigenvalue weighted by Crippen LogP contribution is -2.47. The number of carbonyl (C=O) groups excluding carboxylic acids is 4. The summed E-state index contributed by atoms with van der Waals surface area (Å²) in [4.78, 5) is 55.6. The van der Waals surface area contributed by atoms with Gasteiger partial charge >= 0.3 is 0 Å². The first kappa shape index (κ1) is 27.6. The SMILES string of the molecule is CC[C@H](CNC(=O)c1sc(C(=O)NCC(F)F)nc1C)C(=O)N[C@@H]1C(=O)N2CCCN2Cc2ccccc21. The molecule has 4 amide bonds. The molecule has 2 aromatic rings. The summed E-state index contributed by atoms with van der Waals surface area (Å²) in [7, 11) is 0. The van der Waals surface area contributed by atoms with Crippen molar-refractivity contribution >= 4 is 35.0 Å². The Morgan fingerprint density at radius 2 is 1.87 bits per heavy atom. The fraction of sp³-hybridized carbons (Fsp3) is 0.480. The number of amides is 4. The van der Waals surface area contributed by atoms with Crippen LogP contribution >= 0.6 is 11.3 Å². The van der Waals surface area contributed by atoms with Crippen LogP contribution in [0.1, 0.15) is 62.1 Å². The van der Waals surface area contributed by atoms with Gasteiger partial charge in [-0.3, -0.25) is 24.2 Å². The molecular formula is C25H30F2N6O4S. The van der Waals surface area contributed by atoms with E-state index in [-0.39, 0.29) is 33.9 Å².